The number of tetrazole rings is 1. The van der Waals surface area contributed by atoms with E-state index in [9.17, 15) is 9.59 Å². The van der Waals surface area contributed by atoms with Crippen LogP contribution in [0.3, 0.4) is 0 Å². The predicted molar refractivity (Wildman–Crippen MR) is 137 cm³/mol. The smallest absolute Gasteiger partial charge is 0.251 e. The number of pyridine rings is 1. The minimum absolute atomic E-state index is 0.153. The van der Waals surface area contributed by atoms with Gasteiger partial charge in [0, 0.05) is 17.0 Å². The number of nitrogens with one attached hydrogen (secondary N) is 1. The monoisotopic (exact) mass is 483 g/mol. The van der Waals surface area contributed by atoms with Crippen LogP contribution in [0, 0.1) is 6.92 Å². The molecule has 9 heteroatoms. The van der Waals surface area contributed by atoms with Gasteiger partial charge in [-0.3, -0.25) is 19.5 Å². The summed E-state index contributed by atoms with van der Waals surface area (Å²) in [6.07, 6.45) is 5.78. The van der Waals surface area contributed by atoms with E-state index in [1.165, 1.54) is 9.70 Å². The summed E-state index contributed by atoms with van der Waals surface area (Å²) in [5.41, 5.74) is 3.31. The lowest BCUT2D eigenvalue weighted by molar-refractivity contribution is -0.127. The average Bonchev–Trinajstić information content (AvgIpc) is 3.57. The van der Waals surface area contributed by atoms with Crippen molar-refractivity contribution in [1.29, 1.82) is 0 Å². The normalized spacial score (nSPS) is 14.6. The van der Waals surface area contributed by atoms with Crippen molar-refractivity contribution in [3.05, 3.63) is 66.4 Å². The van der Waals surface area contributed by atoms with E-state index < -0.39 is 6.04 Å². The molecule has 1 fully saturated rings. The molecule has 9 nitrogen and oxygen atoms in total. The Hall–Kier alpha value is -4.14. The van der Waals surface area contributed by atoms with Gasteiger partial charge >= 0.3 is 0 Å². The van der Waals surface area contributed by atoms with E-state index in [-0.39, 0.29) is 24.4 Å². The van der Waals surface area contributed by atoms with Gasteiger partial charge in [0.1, 0.15) is 12.6 Å². The van der Waals surface area contributed by atoms with Gasteiger partial charge in [0.15, 0.2) is 0 Å². The largest absolute Gasteiger partial charge is 0.352 e. The van der Waals surface area contributed by atoms with E-state index in [0.717, 1.165) is 47.7 Å². The van der Waals surface area contributed by atoms with Crippen LogP contribution in [-0.4, -0.2) is 49.1 Å². The molecule has 2 aromatic heterocycles. The van der Waals surface area contributed by atoms with Crippen LogP contribution in [-0.2, 0) is 16.1 Å². The Morgan fingerprint density at radius 3 is 2.64 bits per heavy atom. The molecule has 0 aliphatic heterocycles. The third kappa shape index (κ3) is 5.10. The minimum atomic E-state index is -0.735. The second-order valence-corrected chi connectivity index (χ2v) is 9.33. The second-order valence-electron chi connectivity index (χ2n) is 9.33. The molecule has 4 aromatic rings. The molecule has 2 aromatic carbocycles. The molecule has 184 valence electrons. The number of nitrogens with zero attached hydrogens (tertiary/aromatic N) is 6. The number of aromatic nitrogens is 5. The van der Waals surface area contributed by atoms with Gasteiger partial charge in [0.2, 0.25) is 11.7 Å². The lowest BCUT2D eigenvalue weighted by atomic mass is 10.1. The molecule has 0 unspecified atom stereocenters. The fraction of sp³-hybridized carbons (Fsp3) is 0.333. The van der Waals surface area contributed by atoms with Gasteiger partial charge in [-0.05, 0) is 44.0 Å². The van der Waals surface area contributed by atoms with Crippen LogP contribution in [0.25, 0.3) is 22.3 Å². The highest BCUT2D eigenvalue weighted by Gasteiger charge is 2.30. The first-order chi connectivity index (χ1) is 17.5. The van der Waals surface area contributed by atoms with Crippen molar-refractivity contribution in [1.82, 2.24) is 30.5 Å². The van der Waals surface area contributed by atoms with Crippen LogP contribution in [0.5, 0.6) is 0 Å². The Morgan fingerprint density at radius 1 is 1.11 bits per heavy atom. The number of para-hydroxylation sites is 1. The maximum absolute atomic E-state index is 13.6. The lowest BCUT2D eigenvalue weighted by Crippen LogP contribution is -2.51. The Kier molecular flexibility index (Phi) is 6.71. The zero-order chi connectivity index (χ0) is 25.1. The fourth-order valence-electron chi connectivity index (χ4n) is 4.61. The first-order valence-corrected chi connectivity index (χ1v) is 12.3. The molecule has 2 heterocycles. The van der Waals surface area contributed by atoms with Gasteiger partial charge in [0.25, 0.3) is 5.91 Å². The van der Waals surface area contributed by atoms with Crippen LogP contribution in [0.1, 0.15) is 38.2 Å². The molecular formula is C27H29N7O2. The second kappa shape index (κ2) is 10.2. The number of fused-ring (bicyclic) bond motifs is 1. The van der Waals surface area contributed by atoms with Crippen molar-refractivity contribution in [2.45, 2.75) is 58.2 Å². The lowest BCUT2D eigenvalue weighted by Gasteiger charge is -2.29. The fourth-order valence-corrected chi connectivity index (χ4v) is 4.61. The molecule has 0 bridgehead atoms. The molecule has 0 radical (unpaired) electrons. The summed E-state index contributed by atoms with van der Waals surface area (Å²) in [6.45, 7) is 3.59. The van der Waals surface area contributed by atoms with Gasteiger partial charge in [-0.1, -0.05) is 60.9 Å². The van der Waals surface area contributed by atoms with Crippen molar-refractivity contribution in [3.63, 3.8) is 0 Å². The molecule has 2 amide bonds. The summed E-state index contributed by atoms with van der Waals surface area (Å²) in [5, 5.41) is 16.6. The maximum atomic E-state index is 13.6. The van der Waals surface area contributed by atoms with E-state index >= 15 is 0 Å². The van der Waals surface area contributed by atoms with Crippen LogP contribution in [0.4, 0.5) is 5.69 Å². The van der Waals surface area contributed by atoms with E-state index in [1.54, 1.807) is 13.1 Å². The molecule has 36 heavy (non-hydrogen) atoms. The summed E-state index contributed by atoms with van der Waals surface area (Å²) in [4.78, 5) is 34.0. The number of carbonyl (C=O) groups is 2. The Labute approximate surface area is 209 Å². The minimum Gasteiger partial charge on any atom is -0.352 e. The van der Waals surface area contributed by atoms with Crippen molar-refractivity contribution >= 4 is 28.4 Å². The zero-order valence-electron chi connectivity index (χ0n) is 20.5. The standard InChI is InChI=1S/C27H29N7O2/c1-18-11-13-20(14-12-18)26-30-32-33(31-26)17-25(35)34(19(2)27(36)29-22-8-4-5-9-22)23-15-21-7-3-6-10-24(21)28-16-23/h3,6-7,10-16,19,22H,4-5,8-9,17H2,1-2H3,(H,29,36)/t19-/m0/s1. The van der Waals surface area contributed by atoms with Gasteiger partial charge in [-0.2, -0.15) is 4.80 Å². The van der Waals surface area contributed by atoms with Gasteiger partial charge in [0.05, 0.1) is 17.4 Å². The quantitative estimate of drug-likeness (QED) is 0.430. The summed E-state index contributed by atoms with van der Waals surface area (Å²) in [5.74, 6) is -0.0712. The third-order valence-corrected chi connectivity index (χ3v) is 6.63. The van der Waals surface area contributed by atoms with Crippen LogP contribution >= 0.6 is 0 Å². The summed E-state index contributed by atoms with van der Waals surface area (Å²) in [6, 6.07) is 16.8. The van der Waals surface area contributed by atoms with Gasteiger partial charge < -0.3 is 5.32 Å². The van der Waals surface area contributed by atoms with Crippen molar-refractivity contribution in [3.8, 4) is 11.4 Å². The highest BCUT2D eigenvalue weighted by atomic mass is 16.2. The highest BCUT2D eigenvalue weighted by molar-refractivity contribution is 6.01. The van der Waals surface area contributed by atoms with Crippen LogP contribution in [0.2, 0.25) is 0 Å². The van der Waals surface area contributed by atoms with Crippen molar-refractivity contribution in [2.75, 3.05) is 4.90 Å². The third-order valence-electron chi connectivity index (χ3n) is 6.63. The van der Waals surface area contributed by atoms with Gasteiger partial charge in [-0.15, -0.1) is 10.2 Å². The predicted octanol–water partition coefficient (Wildman–Crippen LogP) is 3.68. The number of carbonyl (C=O) groups excluding carboxylic acids is 2. The van der Waals surface area contributed by atoms with Gasteiger partial charge in [-0.25, -0.2) is 0 Å². The first kappa shape index (κ1) is 23.6. The molecule has 5 rings (SSSR count). The van der Waals surface area contributed by atoms with Crippen molar-refractivity contribution in [2.24, 2.45) is 0 Å². The molecule has 1 N–H and O–H groups in total. The Bertz CT molecular complexity index is 1380. The summed E-state index contributed by atoms with van der Waals surface area (Å²) < 4.78 is 0. The topological polar surface area (TPSA) is 106 Å². The molecule has 0 saturated heterocycles. The van der Waals surface area contributed by atoms with Crippen molar-refractivity contribution < 1.29 is 9.59 Å². The van der Waals surface area contributed by atoms with E-state index in [0.29, 0.717) is 11.5 Å². The molecule has 1 saturated carbocycles. The zero-order valence-corrected chi connectivity index (χ0v) is 20.5. The number of aryl methyl sites for hydroxylation is 1. The number of hydrogen-bond acceptors (Lipinski definition) is 6. The van der Waals surface area contributed by atoms with Crippen LogP contribution < -0.4 is 10.2 Å². The molecule has 1 atom stereocenters. The molecule has 1 aliphatic rings. The number of rotatable bonds is 7. The molecule has 1 aliphatic carbocycles. The number of hydrogen-bond donors (Lipinski definition) is 1. The van der Waals surface area contributed by atoms with E-state index in [2.05, 4.69) is 25.7 Å². The molecular weight excluding hydrogens is 454 g/mol. The van der Waals surface area contributed by atoms with E-state index in [1.807, 2.05) is 61.5 Å². The summed E-state index contributed by atoms with van der Waals surface area (Å²) >= 11 is 0. The first-order valence-electron chi connectivity index (χ1n) is 12.3. The number of anilines is 1. The Balaban J connectivity index is 1.41. The number of benzene rings is 2. The summed E-state index contributed by atoms with van der Waals surface area (Å²) in [7, 11) is 0. The van der Waals surface area contributed by atoms with E-state index in [4.69, 9.17) is 0 Å². The highest BCUT2D eigenvalue weighted by Crippen LogP contribution is 2.24. The van der Waals surface area contributed by atoms with Crippen LogP contribution in [0.15, 0.2) is 60.8 Å². The number of amides is 2. The SMILES string of the molecule is Cc1ccc(-c2nnn(CC(=O)N(c3cnc4ccccc4c3)[C@@H](C)C(=O)NC3CCCC3)n2)cc1. The maximum Gasteiger partial charge on any atom is 0.251 e. The molecule has 0 spiro atoms. The Morgan fingerprint density at radius 2 is 1.86 bits per heavy atom. The average molecular weight is 484 g/mol.